The fraction of sp³-hybridized carbons (Fsp3) is 0.222. The van der Waals surface area contributed by atoms with Crippen LogP contribution in [0, 0.1) is 0 Å². The molecule has 0 aliphatic heterocycles. The van der Waals surface area contributed by atoms with E-state index in [0.717, 1.165) is 50.1 Å². The van der Waals surface area contributed by atoms with E-state index in [0.29, 0.717) is 9.75 Å². The Labute approximate surface area is 296 Å². The van der Waals surface area contributed by atoms with Crippen LogP contribution in [0.1, 0.15) is 45.9 Å². The lowest BCUT2D eigenvalue weighted by Crippen LogP contribution is -2.20. The molecule has 0 aliphatic rings. The topological polar surface area (TPSA) is 52.6 Å². The molecule has 2 atom stereocenters. The zero-order valence-electron chi connectivity index (χ0n) is 25.6. The third-order valence-electron chi connectivity index (χ3n) is 7.84. The lowest BCUT2D eigenvalue weighted by atomic mass is 10.1. The lowest BCUT2D eigenvalue weighted by molar-refractivity contribution is -0.177. The van der Waals surface area contributed by atoms with Crippen molar-refractivity contribution in [1.82, 2.24) is 0 Å². The van der Waals surface area contributed by atoms with Crippen molar-refractivity contribution < 1.29 is 45.4 Å². The predicted molar refractivity (Wildman–Crippen MR) is 187 cm³/mol. The van der Waals surface area contributed by atoms with Crippen LogP contribution in [0.25, 0.3) is 39.0 Å². The molecule has 2 unspecified atom stereocenters. The highest BCUT2D eigenvalue weighted by Gasteiger charge is 2.35. The molecular weight excluding hydrogens is 739 g/mol. The van der Waals surface area contributed by atoms with Crippen molar-refractivity contribution in [2.45, 2.75) is 50.2 Å². The SMILES string of the molecule is O=C(CC(F)(F)F)OC(Cc1ccccc1)c1cc2sc3cc4c(cc3c2s1)sc1cc(C(Cc2ccccc2)OC(=O)CC(F)(F)F)sc14. The Morgan fingerprint density at radius 2 is 0.920 bits per heavy atom. The number of hydrogen-bond donors (Lipinski definition) is 0. The Balaban J connectivity index is 1.21. The molecule has 0 saturated heterocycles. The normalized spacial score (nSPS) is 13.7. The Kier molecular flexibility index (Phi) is 9.39. The number of carbonyl (C=O) groups excluding carboxylic acids is 2. The van der Waals surface area contributed by atoms with Crippen LogP contribution >= 0.6 is 45.3 Å². The van der Waals surface area contributed by atoms with Crippen LogP contribution in [-0.4, -0.2) is 24.3 Å². The zero-order chi connectivity index (χ0) is 35.2. The summed E-state index contributed by atoms with van der Waals surface area (Å²) in [5.41, 5.74) is 1.64. The van der Waals surface area contributed by atoms with E-state index in [4.69, 9.17) is 9.47 Å². The molecule has 0 fully saturated rings. The first kappa shape index (κ1) is 34.5. The molecule has 258 valence electrons. The average molecular weight is 763 g/mol. The maximum Gasteiger partial charge on any atom is 0.399 e. The zero-order valence-corrected chi connectivity index (χ0v) is 28.9. The minimum atomic E-state index is -4.68. The van der Waals surface area contributed by atoms with Crippen LogP contribution in [0.2, 0.25) is 0 Å². The first-order valence-electron chi connectivity index (χ1n) is 15.2. The maximum absolute atomic E-state index is 13.0. The highest BCUT2D eigenvalue weighted by molar-refractivity contribution is 7.34. The van der Waals surface area contributed by atoms with E-state index in [1.165, 1.54) is 45.3 Å². The van der Waals surface area contributed by atoms with Crippen molar-refractivity contribution in [3.63, 3.8) is 0 Å². The fourth-order valence-corrected chi connectivity index (χ4v) is 10.9. The van der Waals surface area contributed by atoms with Gasteiger partial charge in [0.2, 0.25) is 0 Å². The number of carbonyl (C=O) groups is 2. The molecule has 7 aromatic rings. The molecule has 0 bridgehead atoms. The Morgan fingerprint density at radius 3 is 1.28 bits per heavy atom. The number of ether oxygens (including phenoxy) is 2. The number of hydrogen-bond acceptors (Lipinski definition) is 8. The number of halogens is 6. The molecule has 0 saturated carbocycles. The Bertz CT molecular complexity index is 2150. The third-order valence-corrected chi connectivity index (χ3v) is 12.8. The summed E-state index contributed by atoms with van der Waals surface area (Å²) >= 11 is 5.80. The summed E-state index contributed by atoms with van der Waals surface area (Å²) in [6.45, 7) is 0. The Morgan fingerprint density at radius 1 is 0.540 bits per heavy atom. The van der Waals surface area contributed by atoms with Gasteiger partial charge in [0.25, 0.3) is 0 Å². The van der Waals surface area contributed by atoms with Crippen molar-refractivity contribution in [2.75, 3.05) is 0 Å². The molecule has 0 N–H and O–H groups in total. The minimum absolute atomic E-state index is 0.223. The monoisotopic (exact) mass is 762 g/mol. The molecule has 0 spiro atoms. The van der Waals surface area contributed by atoms with E-state index in [-0.39, 0.29) is 12.8 Å². The van der Waals surface area contributed by atoms with E-state index in [2.05, 4.69) is 12.1 Å². The van der Waals surface area contributed by atoms with Crippen molar-refractivity contribution in [3.05, 3.63) is 106 Å². The predicted octanol–water partition coefficient (Wildman–Crippen LogP) is 12.1. The Hall–Kier alpha value is -3.98. The molecule has 3 aromatic carbocycles. The van der Waals surface area contributed by atoms with Crippen LogP contribution in [0.3, 0.4) is 0 Å². The van der Waals surface area contributed by atoms with E-state index < -0.39 is 49.3 Å². The van der Waals surface area contributed by atoms with Crippen LogP contribution in [0.5, 0.6) is 0 Å². The summed E-state index contributed by atoms with van der Waals surface area (Å²) in [7, 11) is 0. The van der Waals surface area contributed by atoms with Crippen LogP contribution in [0.15, 0.2) is 84.9 Å². The van der Waals surface area contributed by atoms with Crippen molar-refractivity contribution >= 4 is 96.3 Å². The van der Waals surface area contributed by atoms with Gasteiger partial charge in [0, 0.05) is 52.2 Å². The lowest BCUT2D eigenvalue weighted by Gasteiger charge is -2.17. The minimum Gasteiger partial charge on any atom is -0.456 e. The molecule has 7 rings (SSSR count). The van der Waals surface area contributed by atoms with Crippen LogP contribution < -0.4 is 0 Å². The van der Waals surface area contributed by atoms with Gasteiger partial charge in [-0.05, 0) is 35.4 Å². The maximum atomic E-state index is 13.0. The number of rotatable bonds is 10. The molecule has 14 heteroatoms. The fourth-order valence-electron chi connectivity index (χ4n) is 5.73. The van der Waals surface area contributed by atoms with Gasteiger partial charge in [-0.3, -0.25) is 9.59 Å². The third kappa shape index (κ3) is 7.83. The van der Waals surface area contributed by atoms with Gasteiger partial charge >= 0.3 is 24.3 Å². The first-order chi connectivity index (χ1) is 23.8. The smallest absolute Gasteiger partial charge is 0.399 e. The van der Waals surface area contributed by atoms with Gasteiger partial charge in [0.1, 0.15) is 25.0 Å². The summed E-state index contributed by atoms with van der Waals surface area (Å²) < 4.78 is 94.2. The largest absolute Gasteiger partial charge is 0.456 e. The van der Waals surface area contributed by atoms with Gasteiger partial charge in [0.05, 0.1) is 9.40 Å². The van der Waals surface area contributed by atoms with Gasteiger partial charge in [0.15, 0.2) is 0 Å². The number of fused-ring (bicyclic) bond motifs is 6. The molecule has 0 aliphatic carbocycles. The van der Waals surface area contributed by atoms with Crippen molar-refractivity contribution in [3.8, 4) is 0 Å². The van der Waals surface area contributed by atoms with Gasteiger partial charge in [-0.15, -0.1) is 45.3 Å². The van der Waals surface area contributed by atoms with Gasteiger partial charge in [-0.1, -0.05) is 60.7 Å². The standard InChI is InChI=1S/C36H24F6O4S4/c37-35(38,39)17-31(43)45-23(11-19-7-3-1-4-8-19)27-15-29-33(49-27)21-13-26-22(14-25(21)47-29)34-30(48-26)16-28(50-34)24(12-20-9-5-2-6-10-20)46-32(44)18-36(40,41)42/h1-10,13-16,23-24H,11-12,17-18H2. The molecule has 4 nitrogen and oxygen atoms in total. The van der Waals surface area contributed by atoms with E-state index in [1.807, 2.05) is 72.8 Å². The number of alkyl halides is 6. The van der Waals surface area contributed by atoms with Crippen molar-refractivity contribution in [1.29, 1.82) is 0 Å². The summed E-state index contributed by atoms with van der Waals surface area (Å²) in [6, 6.07) is 26.1. The highest BCUT2D eigenvalue weighted by atomic mass is 32.1. The van der Waals surface area contributed by atoms with E-state index >= 15 is 0 Å². The summed E-state index contributed by atoms with van der Waals surface area (Å²) in [5.74, 6) is -2.66. The second-order valence-electron chi connectivity index (χ2n) is 11.7. The summed E-state index contributed by atoms with van der Waals surface area (Å²) in [6.07, 6.45) is -14.0. The molecule has 4 aromatic heterocycles. The van der Waals surface area contributed by atoms with Gasteiger partial charge in [-0.2, -0.15) is 26.3 Å². The number of thiophene rings is 4. The summed E-state index contributed by atoms with van der Waals surface area (Å²) in [5, 5.41) is 1.93. The van der Waals surface area contributed by atoms with Gasteiger partial charge in [-0.25, -0.2) is 0 Å². The summed E-state index contributed by atoms with van der Waals surface area (Å²) in [4.78, 5) is 25.8. The second kappa shape index (κ2) is 13.6. The number of esters is 2. The molecule has 0 amide bonds. The van der Waals surface area contributed by atoms with Crippen molar-refractivity contribution in [2.24, 2.45) is 0 Å². The molecule has 4 heterocycles. The molecule has 50 heavy (non-hydrogen) atoms. The van der Waals surface area contributed by atoms with E-state index in [1.54, 1.807) is 0 Å². The quantitative estimate of drug-likeness (QED) is 0.103. The highest BCUT2D eigenvalue weighted by Crippen LogP contribution is 2.48. The van der Waals surface area contributed by atoms with Gasteiger partial charge < -0.3 is 9.47 Å². The van der Waals surface area contributed by atoms with Crippen LogP contribution in [0.4, 0.5) is 26.3 Å². The second-order valence-corrected chi connectivity index (χ2v) is 16.0. The first-order valence-corrected chi connectivity index (χ1v) is 18.5. The molecular formula is C36H24F6O4S4. The molecule has 0 radical (unpaired) electrons. The average Bonchev–Trinajstić information content (AvgIpc) is 3.78. The van der Waals surface area contributed by atoms with Crippen LogP contribution in [-0.2, 0) is 31.9 Å². The number of benzene rings is 3. The van der Waals surface area contributed by atoms with E-state index in [9.17, 15) is 35.9 Å².